The van der Waals surface area contributed by atoms with Gasteiger partial charge in [0.05, 0.1) is 12.3 Å². The van der Waals surface area contributed by atoms with Crippen molar-refractivity contribution in [3.8, 4) is 17.0 Å². The molecule has 0 unspecified atom stereocenters. The number of hydrogen-bond donors (Lipinski definition) is 1. The van der Waals surface area contributed by atoms with Crippen molar-refractivity contribution in [2.24, 2.45) is 0 Å². The van der Waals surface area contributed by atoms with E-state index in [2.05, 4.69) is 5.32 Å². The van der Waals surface area contributed by atoms with Gasteiger partial charge in [-0.05, 0) is 38.6 Å². The minimum Gasteiger partial charge on any atom is -0.494 e. The van der Waals surface area contributed by atoms with Crippen LogP contribution in [0.5, 0.6) is 5.75 Å². The molecule has 1 heterocycles. The summed E-state index contributed by atoms with van der Waals surface area (Å²) in [5, 5.41) is 3.21. The van der Waals surface area contributed by atoms with Crippen LogP contribution >= 0.6 is 0 Å². The quantitative estimate of drug-likeness (QED) is 0.854. The molecule has 0 amide bonds. The van der Waals surface area contributed by atoms with E-state index in [0.717, 1.165) is 29.1 Å². The Bertz CT molecular complexity index is 677. The molecule has 1 aromatic carbocycles. The molecule has 0 fully saturated rings. The van der Waals surface area contributed by atoms with Gasteiger partial charge in [0.25, 0.3) is 5.56 Å². The summed E-state index contributed by atoms with van der Waals surface area (Å²) in [7, 11) is 0. The third-order valence-corrected chi connectivity index (χ3v) is 3.58. The Morgan fingerprint density at radius 1 is 1.14 bits per heavy atom. The number of nitrogens with zero attached hydrogens (tertiary/aromatic N) is 1. The molecule has 0 bridgehead atoms. The molecule has 118 valence electrons. The molecule has 0 atom stereocenters. The fourth-order valence-corrected chi connectivity index (χ4v) is 2.50. The molecule has 0 radical (unpaired) electrons. The molecule has 4 nitrogen and oxygen atoms in total. The highest BCUT2D eigenvalue weighted by Crippen LogP contribution is 2.23. The number of pyridine rings is 1. The lowest BCUT2D eigenvalue weighted by Gasteiger charge is -2.14. The van der Waals surface area contributed by atoms with Crippen LogP contribution in [0.2, 0.25) is 0 Å². The van der Waals surface area contributed by atoms with E-state index in [1.54, 1.807) is 0 Å². The molecular formula is C18H24N2O2. The fraction of sp³-hybridized carbons (Fsp3) is 0.389. The third kappa shape index (κ3) is 3.57. The summed E-state index contributed by atoms with van der Waals surface area (Å²) in [6.07, 6.45) is 0. The van der Waals surface area contributed by atoms with Crippen molar-refractivity contribution < 1.29 is 4.74 Å². The molecule has 0 aliphatic rings. The minimum absolute atomic E-state index is 0.0720. The highest BCUT2D eigenvalue weighted by Gasteiger charge is 2.09. The summed E-state index contributed by atoms with van der Waals surface area (Å²) in [5.74, 6) is 0.826. The number of ether oxygens (including phenoxy) is 1. The summed E-state index contributed by atoms with van der Waals surface area (Å²) in [6.45, 7) is 8.72. The van der Waals surface area contributed by atoms with Crippen LogP contribution in [0.3, 0.4) is 0 Å². The molecule has 2 rings (SSSR count). The second-order valence-corrected chi connectivity index (χ2v) is 5.03. The van der Waals surface area contributed by atoms with E-state index in [1.807, 2.05) is 61.7 Å². The van der Waals surface area contributed by atoms with E-state index in [1.165, 1.54) is 0 Å². The minimum atomic E-state index is 0.0720. The Balaban J connectivity index is 2.45. The van der Waals surface area contributed by atoms with Crippen LogP contribution in [-0.4, -0.2) is 17.7 Å². The first-order chi connectivity index (χ1) is 10.7. The van der Waals surface area contributed by atoms with E-state index in [-0.39, 0.29) is 5.56 Å². The van der Waals surface area contributed by atoms with Gasteiger partial charge in [0.1, 0.15) is 5.75 Å². The number of rotatable bonds is 7. The molecule has 0 spiro atoms. The lowest BCUT2D eigenvalue weighted by atomic mass is 10.1. The number of hydrogen-bond acceptors (Lipinski definition) is 3. The van der Waals surface area contributed by atoms with Crippen molar-refractivity contribution in [2.75, 3.05) is 13.2 Å². The Labute approximate surface area is 131 Å². The van der Waals surface area contributed by atoms with E-state index in [9.17, 15) is 4.79 Å². The van der Waals surface area contributed by atoms with Gasteiger partial charge in [0.15, 0.2) is 0 Å². The number of nitrogens with one attached hydrogen (secondary N) is 1. The smallest absolute Gasteiger partial charge is 0.255 e. The SMILES string of the molecule is CCNCc1ccc(-c2cccc(OCC)c2)n(CC)c1=O. The van der Waals surface area contributed by atoms with Gasteiger partial charge in [-0.2, -0.15) is 0 Å². The Hall–Kier alpha value is -2.07. The van der Waals surface area contributed by atoms with Crippen LogP contribution in [0, 0.1) is 0 Å². The molecule has 0 aliphatic carbocycles. The molecule has 4 heteroatoms. The van der Waals surface area contributed by atoms with Gasteiger partial charge in [-0.25, -0.2) is 0 Å². The standard InChI is InChI=1S/C18H24N2O2/c1-4-19-13-15-10-11-17(20(5-2)18(15)21)14-8-7-9-16(12-14)22-6-3/h7-12,19H,4-6,13H2,1-3H3. The van der Waals surface area contributed by atoms with Crippen molar-refractivity contribution in [1.82, 2.24) is 9.88 Å². The van der Waals surface area contributed by atoms with Crippen LogP contribution in [-0.2, 0) is 13.1 Å². The van der Waals surface area contributed by atoms with Crippen molar-refractivity contribution in [1.29, 1.82) is 0 Å². The Kier molecular flexibility index (Phi) is 5.78. The van der Waals surface area contributed by atoms with E-state index in [0.29, 0.717) is 19.7 Å². The highest BCUT2D eigenvalue weighted by atomic mass is 16.5. The van der Waals surface area contributed by atoms with Gasteiger partial charge in [-0.15, -0.1) is 0 Å². The van der Waals surface area contributed by atoms with Gasteiger partial charge in [0.2, 0.25) is 0 Å². The fourth-order valence-electron chi connectivity index (χ4n) is 2.50. The molecule has 2 aromatic rings. The number of benzene rings is 1. The predicted molar refractivity (Wildman–Crippen MR) is 90.4 cm³/mol. The molecule has 0 aliphatic heterocycles. The van der Waals surface area contributed by atoms with Gasteiger partial charge in [-0.1, -0.05) is 25.1 Å². The van der Waals surface area contributed by atoms with E-state index < -0.39 is 0 Å². The van der Waals surface area contributed by atoms with Gasteiger partial charge >= 0.3 is 0 Å². The van der Waals surface area contributed by atoms with Crippen molar-refractivity contribution >= 4 is 0 Å². The lowest BCUT2D eigenvalue weighted by molar-refractivity contribution is 0.340. The first-order valence-corrected chi connectivity index (χ1v) is 7.87. The van der Waals surface area contributed by atoms with Crippen LogP contribution in [0.25, 0.3) is 11.3 Å². The lowest BCUT2D eigenvalue weighted by Crippen LogP contribution is -2.27. The second-order valence-electron chi connectivity index (χ2n) is 5.03. The maximum Gasteiger partial charge on any atom is 0.255 e. The van der Waals surface area contributed by atoms with Crippen LogP contribution in [0.4, 0.5) is 0 Å². The normalized spacial score (nSPS) is 10.7. The number of aromatic nitrogens is 1. The van der Waals surface area contributed by atoms with Crippen molar-refractivity contribution in [2.45, 2.75) is 33.9 Å². The summed E-state index contributed by atoms with van der Waals surface area (Å²) >= 11 is 0. The first-order valence-electron chi connectivity index (χ1n) is 7.87. The monoisotopic (exact) mass is 300 g/mol. The summed E-state index contributed by atoms with van der Waals surface area (Å²) in [4.78, 5) is 12.6. The van der Waals surface area contributed by atoms with Crippen molar-refractivity contribution in [3.63, 3.8) is 0 Å². The molecule has 0 saturated heterocycles. The van der Waals surface area contributed by atoms with Crippen LogP contribution in [0.1, 0.15) is 26.3 Å². The summed E-state index contributed by atoms with van der Waals surface area (Å²) in [6, 6.07) is 11.8. The van der Waals surface area contributed by atoms with Crippen molar-refractivity contribution in [3.05, 3.63) is 52.3 Å². The van der Waals surface area contributed by atoms with E-state index in [4.69, 9.17) is 4.74 Å². The Morgan fingerprint density at radius 3 is 2.64 bits per heavy atom. The topological polar surface area (TPSA) is 43.3 Å². The molecule has 1 aromatic heterocycles. The van der Waals surface area contributed by atoms with Gasteiger partial charge in [-0.3, -0.25) is 4.79 Å². The largest absolute Gasteiger partial charge is 0.494 e. The average molecular weight is 300 g/mol. The second kappa shape index (κ2) is 7.80. The Morgan fingerprint density at radius 2 is 1.95 bits per heavy atom. The zero-order chi connectivity index (χ0) is 15.9. The molecule has 22 heavy (non-hydrogen) atoms. The van der Waals surface area contributed by atoms with Gasteiger partial charge < -0.3 is 14.6 Å². The zero-order valence-corrected chi connectivity index (χ0v) is 13.6. The highest BCUT2D eigenvalue weighted by molar-refractivity contribution is 5.62. The predicted octanol–water partition coefficient (Wildman–Crippen LogP) is 3.04. The molecule has 1 N–H and O–H groups in total. The maximum absolute atomic E-state index is 12.6. The zero-order valence-electron chi connectivity index (χ0n) is 13.6. The molecule has 0 saturated carbocycles. The maximum atomic E-state index is 12.6. The van der Waals surface area contributed by atoms with Crippen LogP contribution < -0.4 is 15.6 Å². The summed E-state index contributed by atoms with van der Waals surface area (Å²) in [5.41, 5.74) is 2.80. The van der Waals surface area contributed by atoms with Crippen LogP contribution in [0.15, 0.2) is 41.2 Å². The molecular weight excluding hydrogens is 276 g/mol. The van der Waals surface area contributed by atoms with E-state index >= 15 is 0 Å². The first kappa shape index (κ1) is 16.3. The summed E-state index contributed by atoms with van der Waals surface area (Å²) < 4.78 is 7.37. The van der Waals surface area contributed by atoms with Gasteiger partial charge in [0, 0.05) is 24.2 Å². The average Bonchev–Trinajstić information content (AvgIpc) is 2.54. The third-order valence-electron chi connectivity index (χ3n) is 3.58.